The van der Waals surface area contributed by atoms with Crippen LogP contribution in [0, 0.1) is 5.41 Å². The van der Waals surface area contributed by atoms with Gasteiger partial charge in [-0.05, 0) is 5.56 Å². The molecule has 1 aromatic rings. The number of nitrogens with one attached hydrogen (secondary N) is 2. The van der Waals surface area contributed by atoms with Crippen molar-refractivity contribution < 1.29 is 23.9 Å². The molecular weight excluding hydrogens is 424 g/mol. The zero-order chi connectivity index (χ0) is 23.9. The van der Waals surface area contributed by atoms with Crippen molar-refractivity contribution in [1.82, 2.24) is 20.4 Å². The van der Waals surface area contributed by atoms with Gasteiger partial charge in [-0.3, -0.25) is 19.3 Å². The molecule has 2 N–H and O–H groups in total. The molecule has 33 heavy (non-hydrogen) atoms. The number of amides is 1. The van der Waals surface area contributed by atoms with E-state index in [1.165, 1.54) is 0 Å². The van der Waals surface area contributed by atoms with Crippen molar-refractivity contribution in [3.05, 3.63) is 35.9 Å². The Kier molecular flexibility index (Phi) is 11.9. The first-order valence-corrected chi connectivity index (χ1v) is 11.6. The maximum Gasteiger partial charge on any atom is 0.320 e. The average Bonchev–Trinajstić information content (AvgIpc) is 2.78. The minimum atomic E-state index is -0.515. The summed E-state index contributed by atoms with van der Waals surface area (Å²) in [4.78, 5) is 39.5. The predicted molar refractivity (Wildman–Crippen MR) is 125 cm³/mol. The third-order valence-corrected chi connectivity index (χ3v) is 5.35. The molecule has 1 amide bonds. The summed E-state index contributed by atoms with van der Waals surface area (Å²) < 4.78 is 10.8. The Morgan fingerprint density at radius 2 is 1.55 bits per heavy atom. The van der Waals surface area contributed by atoms with Gasteiger partial charge in [0, 0.05) is 57.8 Å². The van der Waals surface area contributed by atoms with E-state index in [4.69, 9.17) is 9.47 Å². The van der Waals surface area contributed by atoms with Crippen LogP contribution in [0.1, 0.15) is 25.8 Å². The van der Waals surface area contributed by atoms with Crippen molar-refractivity contribution in [3.8, 4) is 0 Å². The maximum absolute atomic E-state index is 12.4. The molecule has 0 saturated carbocycles. The monoisotopic (exact) mass is 462 g/mol. The SMILES string of the molecule is CC(C)(COC(=O)CN1CCNCCN(C=O)CCNCC1)CC(=O)OCc1ccccc1. The van der Waals surface area contributed by atoms with E-state index >= 15 is 0 Å². The van der Waals surface area contributed by atoms with E-state index in [-0.39, 0.29) is 38.1 Å². The van der Waals surface area contributed by atoms with Crippen molar-refractivity contribution in [3.63, 3.8) is 0 Å². The largest absolute Gasteiger partial charge is 0.464 e. The summed E-state index contributed by atoms with van der Waals surface area (Å²) in [5.74, 6) is -0.617. The summed E-state index contributed by atoms with van der Waals surface area (Å²) in [5, 5.41) is 6.61. The molecule has 9 heteroatoms. The van der Waals surface area contributed by atoms with Crippen molar-refractivity contribution in [2.24, 2.45) is 5.41 Å². The van der Waals surface area contributed by atoms with Gasteiger partial charge in [0.2, 0.25) is 6.41 Å². The lowest BCUT2D eigenvalue weighted by molar-refractivity contribution is -0.154. The Bertz CT molecular complexity index is 715. The molecule has 0 spiro atoms. The smallest absolute Gasteiger partial charge is 0.320 e. The molecule has 184 valence electrons. The molecule has 0 bridgehead atoms. The van der Waals surface area contributed by atoms with Gasteiger partial charge in [0.15, 0.2) is 0 Å². The number of carbonyl (C=O) groups excluding carboxylic acids is 3. The highest BCUT2D eigenvalue weighted by atomic mass is 16.5. The fourth-order valence-corrected chi connectivity index (χ4v) is 3.39. The highest BCUT2D eigenvalue weighted by Gasteiger charge is 2.25. The Morgan fingerprint density at radius 1 is 0.939 bits per heavy atom. The number of ether oxygens (including phenoxy) is 2. The standard InChI is InChI=1S/C24H38N4O5/c1-24(2,16-22(30)32-18-21-6-4-3-5-7-21)19-33-23(31)17-27-12-8-25-10-14-28(20-29)15-11-26-9-13-27/h3-7,20,25-26H,8-19H2,1-2H3. The molecule has 1 aliphatic heterocycles. The third-order valence-electron chi connectivity index (χ3n) is 5.35. The van der Waals surface area contributed by atoms with E-state index in [0.29, 0.717) is 39.3 Å². The first-order valence-electron chi connectivity index (χ1n) is 11.6. The number of rotatable bonds is 9. The van der Waals surface area contributed by atoms with Crippen LogP contribution in [0.3, 0.4) is 0 Å². The molecule has 0 atom stereocenters. The van der Waals surface area contributed by atoms with Gasteiger partial charge >= 0.3 is 11.9 Å². The number of nitrogens with zero attached hydrogens (tertiary/aromatic N) is 2. The molecule has 1 fully saturated rings. The summed E-state index contributed by atoms with van der Waals surface area (Å²) in [6, 6.07) is 9.53. The van der Waals surface area contributed by atoms with Crippen molar-refractivity contribution in [2.45, 2.75) is 26.9 Å². The van der Waals surface area contributed by atoms with Gasteiger partial charge in [-0.15, -0.1) is 0 Å². The summed E-state index contributed by atoms with van der Waals surface area (Å²) in [6.45, 7) is 9.95. The van der Waals surface area contributed by atoms with Gasteiger partial charge in [-0.25, -0.2) is 0 Å². The Balaban J connectivity index is 1.70. The first-order chi connectivity index (χ1) is 15.9. The fraction of sp³-hybridized carbons (Fsp3) is 0.625. The minimum absolute atomic E-state index is 0.151. The lowest BCUT2D eigenvalue weighted by Gasteiger charge is -2.26. The van der Waals surface area contributed by atoms with E-state index in [9.17, 15) is 14.4 Å². The lowest BCUT2D eigenvalue weighted by Crippen LogP contribution is -2.44. The summed E-state index contributed by atoms with van der Waals surface area (Å²) in [7, 11) is 0. The van der Waals surface area contributed by atoms with E-state index in [2.05, 4.69) is 10.6 Å². The van der Waals surface area contributed by atoms with Gasteiger partial charge in [0.25, 0.3) is 0 Å². The summed E-state index contributed by atoms with van der Waals surface area (Å²) in [6.07, 6.45) is 1.05. The van der Waals surface area contributed by atoms with Crippen LogP contribution in [0.15, 0.2) is 30.3 Å². The number of carbonyl (C=O) groups is 3. The van der Waals surface area contributed by atoms with E-state index in [0.717, 1.165) is 25.1 Å². The van der Waals surface area contributed by atoms with Gasteiger partial charge in [-0.2, -0.15) is 0 Å². The second-order valence-corrected chi connectivity index (χ2v) is 9.07. The number of benzene rings is 1. The zero-order valence-electron chi connectivity index (χ0n) is 19.9. The van der Waals surface area contributed by atoms with Crippen molar-refractivity contribution >= 4 is 18.3 Å². The van der Waals surface area contributed by atoms with Crippen LogP contribution >= 0.6 is 0 Å². The molecular formula is C24H38N4O5. The molecule has 0 aliphatic carbocycles. The molecule has 9 nitrogen and oxygen atoms in total. The van der Waals surface area contributed by atoms with Crippen LogP contribution in [-0.2, 0) is 30.5 Å². The molecule has 2 rings (SSSR count). The van der Waals surface area contributed by atoms with E-state index in [1.54, 1.807) is 4.90 Å². The van der Waals surface area contributed by atoms with Crippen LogP contribution < -0.4 is 10.6 Å². The predicted octanol–water partition coefficient (Wildman–Crippen LogP) is 0.643. The van der Waals surface area contributed by atoms with Crippen LogP contribution in [0.25, 0.3) is 0 Å². The van der Waals surface area contributed by atoms with Gasteiger partial charge in [0.1, 0.15) is 6.61 Å². The molecule has 1 aromatic carbocycles. The third kappa shape index (κ3) is 11.8. The quantitative estimate of drug-likeness (QED) is 0.408. The highest BCUT2D eigenvalue weighted by molar-refractivity contribution is 5.72. The topological polar surface area (TPSA) is 100 Å². The zero-order valence-corrected chi connectivity index (χ0v) is 19.9. The molecule has 0 unspecified atom stereocenters. The lowest BCUT2D eigenvalue weighted by atomic mass is 9.90. The Labute approximate surface area is 196 Å². The summed E-state index contributed by atoms with van der Waals surface area (Å²) >= 11 is 0. The normalized spacial score (nSPS) is 16.8. The molecule has 0 radical (unpaired) electrons. The van der Waals surface area contributed by atoms with Crippen molar-refractivity contribution in [1.29, 1.82) is 0 Å². The number of hydrogen-bond acceptors (Lipinski definition) is 8. The molecule has 1 aliphatic rings. The number of esters is 2. The van der Waals surface area contributed by atoms with E-state index in [1.807, 2.05) is 49.1 Å². The van der Waals surface area contributed by atoms with Gasteiger partial charge in [-0.1, -0.05) is 44.2 Å². The maximum atomic E-state index is 12.4. The second-order valence-electron chi connectivity index (χ2n) is 9.07. The van der Waals surface area contributed by atoms with Gasteiger partial charge in [0.05, 0.1) is 19.6 Å². The van der Waals surface area contributed by atoms with Gasteiger partial charge < -0.3 is 25.0 Å². The summed E-state index contributed by atoms with van der Waals surface area (Å²) in [5.41, 5.74) is 0.421. The van der Waals surface area contributed by atoms with Crippen LogP contribution in [-0.4, -0.2) is 93.7 Å². The van der Waals surface area contributed by atoms with E-state index < -0.39 is 5.41 Å². The number of hydrogen-bond donors (Lipinski definition) is 2. The van der Waals surface area contributed by atoms with Crippen LogP contribution in [0.4, 0.5) is 0 Å². The fourth-order valence-electron chi connectivity index (χ4n) is 3.39. The molecule has 1 heterocycles. The van der Waals surface area contributed by atoms with Crippen LogP contribution in [0.5, 0.6) is 0 Å². The Hall–Kier alpha value is -2.49. The first kappa shape index (κ1) is 26.8. The molecule has 0 aromatic heterocycles. The van der Waals surface area contributed by atoms with Crippen LogP contribution in [0.2, 0.25) is 0 Å². The van der Waals surface area contributed by atoms with Crippen molar-refractivity contribution in [2.75, 3.05) is 65.5 Å². The average molecular weight is 463 g/mol. The minimum Gasteiger partial charge on any atom is -0.464 e. The Morgan fingerprint density at radius 3 is 2.15 bits per heavy atom. The highest BCUT2D eigenvalue weighted by Crippen LogP contribution is 2.22. The second kappa shape index (κ2) is 14.6. The molecule has 1 saturated heterocycles.